The van der Waals surface area contributed by atoms with Crippen molar-refractivity contribution in [2.24, 2.45) is 5.92 Å². The first-order valence-electron chi connectivity index (χ1n) is 6.20. The molecule has 0 bridgehead atoms. The maximum atomic E-state index is 12.2. The molecule has 0 spiro atoms. The highest BCUT2D eigenvalue weighted by molar-refractivity contribution is 5.79. The van der Waals surface area contributed by atoms with E-state index in [1.54, 1.807) is 0 Å². The van der Waals surface area contributed by atoms with Gasteiger partial charge in [-0.25, -0.2) is 0 Å². The summed E-state index contributed by atoms with van der Waals surface area (Å²) in [6.07, 6.45) is 1.08. The van der Waals surface area contributed by atoms with Crippen molar-refractivity contribution in [3.05, 3.63) is 0 Å². The van der Waals surface area contributed by atoms with Crippen molar-refractivity contribution in [3.8, 4) is 0 Å². The molecule has 16 heavy (non-hydrogen) atoms. The lowest BCUT2D eigenvalue weighted by Gasteiger charge is -2.30. The second-order valence-corrected chi connectivity index (χ2v) is 4.96. The summed E-state index contributed by atoms with van der Waals surface area (Å²) in [6.45, 7) is 7.88. The molecule has 0 aliphatic carbocycles. The third kappa shape index (κ3) is 3.46. The van der Waals surface area contributed by atoms with Gasteiger partial charge < -0.3 is 15.1 Å². The van der Waals surface area contributed by atoms with Gasteiger partial charge in [-0.1, -0.05) is 6.92 Å². The molecule has 0 saturated carbocycles. The molecule has 1 rings (SSSR count). The molecular weight excluding hydrogens is 202 g/mol. The minimum atomic E-state index is 0.0795. The van der Waals surface area contributed by atoms with Crippen molar-refractivity contribution >= 4 is 5.91 Å². The third-order valence-electron chi connectivity index (χ3n) is 3.26. The van der Waals surface area contributed by atoms with E-state index in [-0.39, 0.29) is 11.8 Å². The first kappa shape index (κ1) is 13.5. The number of hydrogen-bond donors (Lipinski definition) is 1. The Morgan fingerprint density at radius 2 is 2.19 bits per heavy atom. The molecule has 1 saturated heterocycles. The number of nitrogens with one attached hydrogen (secondary N) is 1. The summed E-state index contributed by atoms with van der Waals surface area (Å²) in [5.41, 5.74) is 0. The Bertz CT molecular complexity index is 232. The lowest BCUT2D eigenvalue weighted by Crippen LogP contribution is -2.45. The van der Waals surface area contributed by atoms with Crippen LogP contribution in [0.4, 0.5) is 0 Å². The molecule has 1 amide bonds. The Balaban J connectivity index is 2.59. The Morgan fingerprint density at radius 1 is 1.50 bits per heavy atom. The SMILES string of the molecule is CNCC(C)C(=O)N1CCCN(C)CC1C. The topological polar surface area (TPSA) is 35.6 Å². The number of rotatable bonds is 3. The third-order valence-corrected chi connectivity index (χ3v) is 3.26. The number of carbonyl (C=O) groups is 1. The number of hydrogen-bond acceptors (Lipinski definition) is 3. The van der Waals surface area contributed by atoms with Crippen LogP contribution in [0.3, 0.4) is 0 Å². The molecule has 0 aromatic rings. The van der Waals surface area contributed by atoms with Crippen molar-refractivity contribution < 1.29 is 4.79 Å². The van der Waals surface area contributed by atoms with Crippen LogP contribution in [0.5, 0.6) is 0 Å². The average Bonchev–Trinajstić information content (AvgIpc) is 2.38. The van der Waals surface area contributed by atoms with Crippen LogP contribution in [0.1, 0.15) is 20.3 Å². The van der Waals surface area contributed by atoms with Gasteiger partial charge in [0, 0.05) is 31.6 Å². The molecule has 0 aromatic carbocycles. The summed E-state index contributed by atoms with van der Waals surface area (Å²) in [5, 5.41) is 3.07. The molecule has 4 nitrogen and oxygen atoms in total. The summed E-state index contributed by atoms with van der Waals surface area (Å²) in [6, 6.07) is 0.333. The monoisotopic (exact) mass is 227 g/mol. The highest BCUT2D eigenvalue weighted by Crippen LogP contribution is 2.12. The van der Waals surface area contributed by atoms with Crippen molar-refractivity contribution in [3.63, 3.8) is 0 Å². The van der Waals surface area contributed by atoms with Crippen molar-refractivity contribution in [2.45, 2.75) is 26.3 Å². The van der Waals surface area contributed by atoms with Crippen LogP contribution in [0.2, 0.25) is 0 Å². The summed E-state index contributed by atoms with van der Waals surface area (Å²) in [7, 11) is 4.02. The van der Waals surface area contributed by atoms with Gasteiger partial charge in [-0.3, -0.25) is 4.79 Å². The molecule has 0 radical (unpaired) electrons. The van der Waals surface area contributed by atoms with E-state index in [1.165, 1.54) is 0 Å². The van der Waals surface area contributed by atoms with Crippen molar-refractivity contribution in [1.29, 1.82) is 0 Å². The van der Waals surface area contributed by atoms with E-state index in [0.29, 0.717) is 6.04 Å². The zero-order valence-electron chi connectivity index (χ0n) is 11.0. The van der Waals surface area contributed by atoms with Crippen LogP contribution in [-0.4, -0.2) is 62.0 Å². The Labute approximate surface area is 99.0 Å². The molecular formula is C12H25N3O. The van der Waals surface area contributed by atoms with E-state index in [9.17, 15) is 4.79 Å². The van der Waals surface area contributed by atoms with Gasteiger partial charge in [0.1, 0.15) is 0 Å². The average molecular weight is 227 g/mol. The zero-order valence-corrected chi connectivity index (χ0v) is 11.0. The number of likely N-dealkylation sites (N-methyl/N-ethyl adjacent to an activating group) is 1. The fraction of sp³-hybridized carbons (Fsp3) is 0.917. The van der Waals surface area contributed by atoms with Gasteiger partial charge in [0.15, 0.2) is 0 Å². The van der Waals surface area contributed by atoms with Gasteiger partial charge >= 0.3 is 0 Å². The standard InChI is InChI=1S/C12H25N3O/c1-10(8-13-3)12(16)15-7-5-6-14(4)9-11(15)2/h10-11,13H,5-9H2,1-4H3. The van der Waals surface area contributed by atoms with Gasteiger partial charge in [0.2, 0.25) is 5.91 Å². The number of nitrogens with zero attached hydrogens (tertiary/aromatic N) is 2. The van der Waals surface area contributed by atoms with Crippen LogP contribution >= 0.6 is 0 Å². The maximum absolute atomic E-state index is 12.2. The smallest absolute Gasteiger partial charge is 0.226 e. The van der Waals surface area contributed by atoms with Gasteiger partial charge in [-0.05, 0) is 34.0 Å². The normalized spacial score (nSPS) is 25.2. The van der Waals surface area contributed by atoms with E-state index in [1.807, 2.05) is 18.9 Å². The van der Waals surface area contributed by atoms with E-state index in [0.717, 1.165) is 32.6 Å². The minimum absolute atomic E-state index is 0.0795. The van der Waals surface area contributed by atoms with E-state index < -0.39 is 0 Å². The molecule has 1 aliphatic rings. The first-order valence-corrected chi connectivity index (χ1v) is 6.20. The maximum Gasteiger partial charge on any atom is 0.226 e. The lowest BCUT2D eigenvalue weighted by atomic mass is 10.1. The van der Waals surface area contributed by atoms with Gasteiger partial charge in [-0.2, -0.15) is 0 Å². The molecule has 1 aliphatic heterocycles. The van der Waals surface area contributed by atoms with Crippen LogP contribution in [0, 0.1) is 5.92 Å². The van der Waals surface area contributed by atoms with E-state index >= 15 is 0 Å². The fourth-order valence-corrected chi connectivity index (χ4v) is 2.38. The summed E-state index contributed by atoms with van der Waals surface area (Å²) in [5.74, 6) is 0.369. The second-order valence-electron chi connectivity index (χ2n) is 4.96. The fourth-order valence-electron chi connectivity index (χ4n) is 2.38. The Hall–Kier alpha value is -0.610. The molecule has 2 atom stereocenters. The molecule has 4 heteroatoms. The minimum Gasteiger partial charge on any atom is -0.338 e. The predicted molar refractivity (Wildman–Crippen MR) is 66.4 cm³/mol. The molecule has 94 valence electrons. The number of amides is 1. The Morgan fingerprint density at radius 3 is 2.81 bits per heavy atom. The molecule has 1 N–H and O–H groups in total. The molecule has 2 unspecified atom stereocenters. The Kier molecular flexibility index (Phi) is 5.22. The van der Waals surface area contributed by atoms with Gasteiger partial charge in [0.25, 0.3) is 0 Å². The molecule has 1 fully saturated rings. The molecule has 1 heterocycles. The highest BCUT2D eigenvalue weighted by Gasteiger charge is 2.26. The van der Waals surface area contributed by atoms with Crippen LogP contribution < -0.4 is 5.32 Å². The predicted octanol–water partition coefficient (Wildman–Crippen LogP) is 0.395. The van der Waals surface area contributed by atoms with Crippen molar-refractivity contribution in [1.82, 2.24) is 15.1 Å². The van der Waals surface area contributed by atoms with Crippen LogP contribution in [0.25, 0.3) is 0 Å². The van der Waals surface area contributed by atoms with E-state index in [2.05, 4.69) is 24.2 Å². The largest absolute Gasteiger partial charge is 0.338 e. The van der Waals surface area contributed by atoms with Crippen molar-refractivity contribution in [2.75, 3.05) is 40.3 Å². The summed E-state index contributed by atoms with van der Waals surface area (Å²) in [4.78, 5) is 16.6. The zero-order chi connectivity index (χ0) is 12.1. The van der Waals surface area contributed by atoms with E-state index in [4.69, 9.17) is 0 Å². The second kappa shape index (κ2) is 6.21. The lowest BCUT2D eigenvalue weighted by molar-refractivity contribution is -0.136. The number of carbonyl (C=O) groups excluding carboxylic acids is 1. The first-order chi connectivity index (χ1) is 7.56. The summed E-state index contributed by atoms with van der Waals surface area (Å²) >= 11 is 0. The van der Waals surface area contributed by atoms with Gasteiger partial charge in [-0.15, -0.1) is 0 Å². The molecule has 0 aromatic heterocycles. The van der Waals surface area contributed by atoms with Gasteiger partial charge in [0.05, 0.1) is 0 Å². The van der Waals surface area contributed by atoms with Crippen LogP contribution in [-0.2, 0) is 4.79 Å². The quantitative estimate of drug-likeness (QED) is 0.758. The highest BCUT2D eigenvalue weighted by atomic mass is 16.2. The summed E-state index contributed by atoms with van der Waals surface area (Å²) < 4.78 is 0. The van der Waals surface area contributed by atoms with Crippen LogP contribution in [0.15, 0.2) is 0 Å².